The summed E-state index contributed by atoms with van der Waals surface area (Å²) in [6.45, 7) is 2.10. The molecule has 0 fully saturated rings. The van der Waals surface area contributed by atoms with Crippen molar-refractivity contribution in [3.05, 3.63) is 72.3 Å². The Morgan fingerprint density at radius 3 is 2.58 bits per heavy atom. The van der Waals surface area contributed by atoms with Gasteiger partial charge in [0.05, 0.1) is 6.33 Å². The van der Waals surface area contributed by atoms with Crippen LogP contribution in [0.1, 0.15) is 18.1 Å². The molecule has 120 valence electrons. The Labute approximate surface area is 140 Å². The lowest BCUT2D eigenvalue weighted by Crippen LogP contribution is -2.02. The van der Waals surface area contributed by atoms with Crippen LogP contribution >= 0.6 is 0 Å². The van der Waals surface area contributed by atoms with Gasteiger partial charge in [-0.05, 0) is 41.3 Å². The topological polar surface area (TPSA) is 92.4 Å². The van der Waals surface area contributed by atoms with E-state index in [0.717, 1.165) is 34.4 Å². The van der Waals surface area contributed by atoms with Crippen LogP contribution in [0.5, 0.6) is 0 Å². The van der Waals surface area contributed by atoms with Crippen LogP contribution in [0.15, 0.2) is 71.4 Å². The Balaban J connectivity index is 1.98. The van der Waals surface area contributed by atoms with E-state index in [2.05, 4.69) is 46.4 Å². The molecule has 0 aliphatic carbocycles. The summed E-state index contributed by atoms with van der Waals surface area (Å²) >= 11 is 0. The van der Waals surface area contributed by atoms with Crippen LogP contribution < -0.4 is 5.84 Å². The number of amidine groups is 1. The molecule has 1 aromatic heterocycles. The molecule has 0 amide bonds. The fraction of sp³-hybridized carbons (Fsp3) is 0.111. The second-order valence-corrected chi connectivity index (χ2v) is 5.31. The van der Waals surface area contributed by atoms with Crippen LogP contribution in [0.25, 0.3) is 16.8 Å². The third kappa shape index (κ3) is 2.94. The van der Waals surface area contributed by atoms with Crippen molar-refractivity contribution >= 4 is 5.84 Å². The summed E-state index contributed by atoms with van der Waals surface area (Å²) in [4.78, 5) is 4.07. The summed E-state index contributed by atoms with van der Waals surface area (Å²) in [7, 11) is 0. The average Bonchev–Trinajstić information content (AvgIpc) is 3.17. The Kier molecular flexibility index (Phi) is 4.47. The molecular formula is C18H18N6. The van der Waals surface area contributed by atoms with Gasteiger partial charge in [-0.3, -0.25) is 0 Å². The Morgan fingerprint density at radius 2 is 2.00 bits per heavy atom. The van der Waals surface area contributed by atoms with Crippen molar-refractivity contribution < 1.29 is 0 Å². The van der Waals surface area contributed by atoms with E-state index in [9.17, 15) is 0 Å². The summed E-state index contributed by atoms with van der Waals surface area (Å²) in [6.07, 6.45) is 6.32. The van der Waals surface area contributed by atoms with Gasteiger partial charge in [-0.2, -0.15) is 5.10 Å². The molecule has 6 nitrogen and oxygen atoms in total. The third-order valence-electron chi connectivity index (χ3n) is 3.95. The quantitative estimate of drug-likeness (QED) is 0.252. The van der Waals surface area contributed by atoms with Crippen molar-refractivity contribution in [1.29, 1.82) is 5.53 Å². The number of hydrogen-bond acceptors (Lipinski definition) is 4. The van der Waals surface area contributed by atoms with Crippen molar-refractivity contribution in [3.8, 4) is 16.8 Å². The van der Waals surface area contributed by atoms with E-state index in [1.165, 1.54) is 0 Å². The number of nitrogens with one attached hydrogen (secondary N) is 1. The van der Waals surface area contributed by atoms with Crippen molar-refractivity contribution in [2.45, 2.75) is 13.3 Å². The van der Waals surface area contributed by atoms with Crippen molar-refractivity contribution in [2.24, 2.45) is 16.1 Å². The fourth-order valence-corrected chi connectivity index (χ4v) is 2.70. The first-order chi connectivity index (χ1) is 11.8. The number of aryl methyl sites for hydroxylation is 1. The number of hydrazone groups is 1. The smallest absolute Gasteiger partial charge is 0.199 e. The maximum Gasteiger partial charge on any atom is 0.199 e. The minimum atomic E-state index is 0.228. The molecule has 0 spiro atoms. The summed E-state index contributed by atoms with van der Waals surface area (Å²) in [5, 5.41) is 6.91. The zero-order valence-electron chi connectivity index (χ0n) is 13.3. The van der Waals surface area contributed by atoms with E-state index >= 15 is 0 Å². The van der Waals surface area contributed by atoms with E-state index in [4.69, 9.17) is 11.4 Å². The molecule has 0 aliphatic heterocycles. The molecule has 24 heavy (non-hydrogen) atoms. The van der Waals surface area contributed by atoms with Crippen molar-refractivity contribution in [2.75, 3.05) is 0 Å². The van der Waals surface area contributed by atoms with Gasteiger partial charge < -0.3 is 10.4 Å². The highest BCUT2D eigenvalue weighted by molar-refractivity contribution is 5.99. The summed E-state index contributed by atoms with van der Waals surface area (Å²) in [5.41, 5.74) is 12.4. The minimum absolute atomic E-state index is 0.228. The lowest BCUT2D eigenvalue weighted by molar-refractivity contribution is 1.06. The second-order valence-electron chi connectivity index (χ2n) is 5.31. The largest absolute Gasteiger partial charge is 0.321 e. The Bertz CT molecular complexity index is 863. The number of aromatic nitrogens is 2. The fourth-order valence-electron chi connectivity index (χ4n) is 2.70. The van der Waals surface area contributed by atoms with Crippen LogP contribution in [0.3, 0.4) is 0 Å². The molecule has 0 radical (unpaired) electrons. The predicted octanol–water partition coefficient (Wildman–Crippen LogP) is 3.75. The third-order valence-corrected chi connectivity index (χ3v) is 3.95. The molecule has 3 N–H and O–H groups in total. The van der Waals surface area contributed by atoms with Crippen LogP contribution in [-0.4, -0.2) is 15.4 Å². The number of nitrogens with zero attached hydrogens (tertiary/aromatic N) is 4. The maximum absolute atomic E-state index is 7.14. The van der Waals surface area contributed by atoms with Crippen LogP contribution in [-0.2, 0) is 6.42 Å². The second kappa shape index (κ2) is 6.87. The molecule has 0 saturated carbocycles. The Morgan fingerprint density at radius 1 is 1.21 bits per heavy atom. The normalized spacial score (nSPS) is 11.5. The molecule has 3 aromatic rings. The van der Waals surface area contributed by atoms with E-state index in [0.29, 0.717) is 0 Å². The number of benzene rings is 2. The monoisotopic (exact) mass is 318 g/mol. The Hall–Kier alpha value is -3.28. The highest BCUT2D eigenvalue weighted by atomic mass is 15.2. The lowest BCUT2D eigenvalue weighted by Gasteiger charge is -2.11. The summed E-state index contributed by atoms with van der Waals surface area (Å²) in [6, 6.07) is 14.2. The molecule has 3 rings (SSSR count). The minimum Gasteiger partial charge on any atom is -0.321 e. The van der Waals surface area contributed by atoms with Crippen molar-refractivity contribution in [1.82, 2.24) is 9.55 Å². The van der Waals surface area contributed by atoms with Crippen LogP contribution in [0.4, 0.5) is 0 Å². The van der Waals surface area contributed by atoms with Gasteiger partial charge in [-0.1, -0.05) is 31.2 Å². The van der Waals surface area contributed by atoms with Gasteiger partial charge in [0.25, 0.3) is 0 Å². The number of imidazole rings is 1. The zero-order chi connectivity index (χ0) is 16.9. The summed E-state index contributed by atoms with van der Waals surface area (Å²) in [5.74, 6) is 5.51. The van der Waals surface area contributed by atoms with Gasteiger partial charge in [0.1, 0.15) is 0 Å². The highest BCUT2D eigenvalue weighted by Gasteiger charge is 2.09. The molecule has 0 unspecified atom stereocenters. The molecule has 0 atom stereocenters. The van der Waals surface area contributed by atoms with E-state index in [-0.39, 0.29) is 5.84 Å². The molecule has 6 heteroatoms. The first-order valence-corrected chi connectivity index (χ1v) is 7.64. The molecule has 2 aromatic carbocycles. The van der Waals surface area contributed by atoms with E-state index < -0.39 is 0 Å². The molecule has 0 saturated heterocycles. The molecular weight excluding hydrogens is 300 g/mol. The highest BCUT2D eigenvalue weighted by Crippen LogP contribution is 2.26. The molecule has 0 aliphatic rings. The zero-order valence-corrected chi connectivity index (χ0v) is 13.3. The van der Waals surface area contributed by atoms with E-state index in [1.54, 1.807) is 12.5 Å². The van der Waals surface area contributed by atoms with Crippen LogP contribution in [0.2, 0.25) is 0 Å². The van der Waals surface area contributed by atoms with Gasteiger partial charge >= 0.3 is 0 Å². The SMILES string of the molecule is CCc1cc(/C(N=N)=N/N)ccc1-c1ccc(-n2ccnc2)cc1. The number of nitrogens with two attached hydrogens (primary N) is 1. The lowest BCUT2D eigenvalue weighted by atomic mass is 9.95. The number of rotatable bonds is 4. The van der Waals surface area contributed by atoms with Gasteiger partial charge in [-0.25, -0.2) is 10.5 Å². The predicted molar refractivity (Wildman–Crippen MR) is 94.3 cm³/mol. The van der Waals surface area contributed by atoms with E-state index in [1.807, 2.05) is 29.0 Å². The van der Waals surface area contributed by atoms with Gasteiger partial charge in [0, 0.05) is 23.6 Å². The summed E-state index contributed by atoms with van der Waals surface area (Å²) < 4.78 is 1.97. The maximum atomic E-state index is 7.14. The number of hydrogen-bond donors (Lipinski definition) is 2. The standard InChI is InChI=1S/C18H18N6/c1-2-13-11-15(18(22-19)23-20)5-8-17(13)14-3-6-16(7-4-14)24-10-9-21-12-24/h3-12,19H,2,20H2,1H3/b22-19?,23-18-. The molecule has 1 heterocycles. The molecule has 0 bridgehead atoms. The first-order valence-electron chi connectivity index (χ1n) is 7.64. The van der Waals surface area contributed by atoms with Crippen LogP contribution in [0, 0.1) is 5.53 Å². The average molecular weight is 318 g/mol. The van der Waals surface area contributed by atoms with Crippen molar-refractivity contribution in [3.63, 3.8) is 0 Å². The van der Waals surface area contributed by atoms with Gasteiger partial charge in [0.2, 0.25) is 0 Å². The van der Waals surface area contributed by atoms with Gasteiger partial charge in [-0.15, -0.1) is 5.11 Å². The van der Waals surface area contributed by atoms with Gasteiger partial charge in [0.15, 0.2) is 5.84 Å². The first kappa shape index (κ1) is 15.6.